The Morgan fingerprint density at radius 3 is 2.71 bits per heavy atom. The Balaban J connectivity index is 1.78. The maximum Gasteiger partial charge on any atom is 0.305 e. The lowest BCUT2D eigenvalue weighted by molar-refractivity contribution is -0.140. The SMILES string of the molecule is COC(=O)CCCN1C(=S)N[C@H](c2ccccn2)[C@@H]1c1cc(C)n(-c2cc(Cl)ccc2C)c1C. The number of hydrogen-bond donors (Lipinski definition) is 1. The van der Waals surface area contributed by atoms with Gasteiger partial charge in [-0.2, -0.15) is 0 Å². The number of pyridine rings is 1. The van der Waals surface area contributed by atoms with E-state index in [1.165, 1.54) is 7.11 Å². The minimum Gasteiger partial charge on any atom is -0.469 e. The molecule has 1 fully saturated rings. The second-order valence-electron chi connectivity index (χ2n) is 8.59. The number of methoxy groups -OCH3 is 1. The molecule has 1 aliphatic heterocycles. The van der Waals surface area contributed by atoms with Crippen molar-refractivity contribution in [3.8, 4) is 5.69 Å². The van der Waals surface area contributed by atoms with Crippen LogP contribution >= 0.6 is 23.8 Å². The van der Waals surface area contributed by atoms with Crippen LogP contribution in [0.25, 0.3) is 5.69 Å². The molecule has 0 aliphatic carbocycles. The molecule has 1 aliphatic rings. The van der Waals surface area contributed by atoms with Gasteiger partial charge in [-0.1, -0.05) is 23.7 Å². The van der Waals surface area contributed by atoms with Crippen molar-refractivity contribution in [2.24, 2.45) is 0 Å². The molecule has 2 aromatic heterocycles. The van der Waals surface area contributed by atoms with E-state index < -0.39 is 0 Å². The third-order valence-corrected chi connectivity index (χ3v) is 6.99. The summed E-state index contributed by atoms with van der Waals surface area (Å²) in [6.45, 7) is 6.96. The zero-order chi connectivity index (χ0) is 24.4. The summed E-state index contributed by atoms with van der Waals surface area (Å²) in [4.78, 5) is 18.5. The summed E-state index contributed by atoms with van der Waals surface area (Å²) in [5.74, 6) is -0.217. The third-order valence-electron chi connectivity index (χ3n) is 6.41. The van der Waals surface area contributed by atoms with Gasteiger partial charge in [0.1, 0.15) is 0 Å². The number of hydrogen-bond acceptors (Lipinski definition) is 4. The van der Waals surface area contributed by atoms with Crippen molar-refractivity contribution >= 4 is 34.9 Å². The van der Waals surface area contributed by atoms with Gasteiger partial charge in [0.2, 0.25) is 0 Å². The summed E-state index contributed by atoms with van der Waals surface area (Å²) in [5, 5.41) is 4.85. The molecule has 34 heavy (non-hydrogen) atoms. The number of carbonyl (C=O) groups is 1. The minimum absolute atomic E-state index is 0.0699. The van der Waals surface area contributed by atoms with Crippen molar-refractivity contribution in [3.05, 3.63) is 81.9 Å². The summed E-state index contributed by atoms with van der Waals surface area (Å²) in [6, 6.07) is 13.9. The van der Waals surface area contributed by atoms with Crippen LogP contribution in [0.2, 0.25) is 5.02 Å². The number of aryl methyl sites for hydroxylation is 2. The summed E-state index contributed by atoms with van der Waals surface area (Å²) in [6.07, 6.45) is 2.79. The summed E-state index contributed by atoms with van der Waals surface area (Å²) in [5.41, 5.74) is 6.54. The predicted molar refractivity (Wildman–Crippen MR) is 138 cm³/mol. The molecule has 0 radical (unpaired) electrons. The molecule has 3 heterocycles. The van der Waals surface area contributed by atoms with Gasteiger partial charge in [0.15, 0.2) is 5.11 Å². The molecule has 8 heteroatoms. The van der Waals surface area contributed by atoms with Crippen molar-refractivity contribution in [2.75, 3.05) is 13.7 Å². The van der Waals surface area contributed by atoms with E-state index in [4.69, 9.17) is 28.6 Å². The first-order valence-corrected chi connectivity index (χ1v) is 12.1. The van der Waals surface area contributed by atoms with Crippen LogP contribution in [0.3, 0.4) is 0 Å². The molecule has 178 valence electrons. The standard InChI is InChI=1S/C26H29ClN4O2S/c1-16-10-11-19(27)15-22(16)31-17(2)14-20(18(31)3)25-24(21-8-5-6-12-28-21)29-26(34)30(25)13-7-9-23(32)33-4/h5-6,8,10-12,14-15,24-25H,7,9,13H2,1-4H3,(H,29,34)/t24-,25+/m1/s1. The molecule has 1 aromatic carbocycles. The normalized spacial score (nSPS) is 17.7. The van der Waals surface area contributed by atoms with E-state index in [0.29, 0.717) is 29.5 Å². The molecular formula is C26H29ClN4O2S. The highest BCUT2D eigenvalue weighted by molar-refractivity contribution is 7.80. The number of nitrogens with zero attached hydrogens (tertiary/aromatic N) is 3. The van der Waals surface area contributed by atoms with Crippen LogP contribution < -0.4 is 5.32 Å². The van der Waals surface area contributed by atoms with E-state index in [1.54, 1.807) is 6.20 Å². The molecule has 3 aromatic rings. The van der Waals surface area contributed by atoms with Gasteiger partial charge >= 0.3 is 5.97 Å². The summed E-state index contributed by atoms with van der Waals surface area (Å²) < 4.78 is 7.07. The lowest BCUT2D eigenvalue weighted by atomic mass is 9.96. The average Bonchev–Trinajstić information content (AvgIpc) is 3.31. The number of nitrogens with one attached hydrogen (secondary N) is 1. The molecule has 0 amide bonds. The number of halogens is 1. The average molecular weight is 497 g/mol. The fraction of sp³-hybridized carbons (Fsp3) is 0.346. The van der Waals surface area contributed by atoms with Crippen molar-refractivity contribution in [1.29, 1.82) is 0 Å². The largest absolute Gasteiger partial charge is 0.469 e. The van der Waals surface area contributed by atoms with E-state index in [9.17, 15) is 4.79 Å². The van der Waals surface area contributed by atoms with Gasteiger partial charge in [-0.3, -0.25) is 9.78 Å². The number of benzene rings is 1. The first kappa shape index (κ1) is 24.2. The Bertz CT molecular complexity index is 1210. The first-order chi connectivity index (χ1) is 16.3. The van der Waals surface area contributed by atoms with Gasteiger partial charge in [-0.05, 0) is 80.9 Å². The van der Waals surface area contributed by atoms with E-state index in [-0.39, 0.29) is 18.1 Å². The second-order valence-corrected chi connectivity index (χ2v) is 9.42. The minimum atomic E-state index is -0.217. The maximum absolute atomic E-state index is 11.7. The van der Waals surface area contributed by atoms with Crippen molar-refractivity contribution in [3.63, 3.8) is 0 Å². The van der Waals surface area contributed by atoms with Gasteiger partial charge in [-0.25, -0.2) is 0 Å². The van der Waals surface area contributed by atoms with E-state index >= 15 is 0 Å². The molecule has 0 spiro atoms. The van der Waals surface area contributed by atoms with Gasteiger partial charge in [0.25, 0.3) is 0 Å². The fourth-order valence-corrected chi connectivity index (χ4v) is 5.26. The Labute approximate surface area is 210 Å². The zero-order valence-corrected chi connectivity index (χ0v) is 21.4. The lowest BCUT2D eigenvalue weighted by Crippen LogP contribution is -2.31. The van der Waals surface area contributed by atoms with Crippen molar-refractivity contribution < 1.29 is 9.53 Å². The molecule has 2 atom stereocenters. The first-order valence-electron chi connectivity index (χ1n) is 11.3. The third kappa shape index (κ3) is 4.68. The molecule has 6 nitrogen and oxygen atoms in total. The smallest absolute Gasteiger partial charge is 0.305 e. The second kappa shape index (κ2) is 10.2. The Hall–Kier alpha value is -2.90. The van der Waals surface area contributed by atoms with E-state index in [1.807, 2.05) is 36.4 Å². The van der Waals surface area contributed by atoms with Crippen LogP contribution in [0.1, 0.15) is 53.1 Å². The number of carbonyl (C=O) groups excluding carboxylic acids is 1. The monoisotopic (exact) mass is 496 g/mol. The molecule has 0 bridgehead atoms. The maximum atomic E-state index is 11.7. The highest BCUT2D eigenvalue weighted by atomic mass is 35.5. The van der Waals surface area contributed by atoms with Crippen LogP contribution in [0.5, 0.6) is 0 Å². The number of aromatic nitrogens is 2. The number of thiocarbonyl (C=S) groups is 1. The molecule has 1 N–H and O–H groups in total. The van der Waals surface area contributed by atoms with Crippen LogP contribution in [-0.4, -0.2) is 39.2 Å². The van der Waals surface area contributed by atoms with Crippen LogP contribution in [-0.2, 0) is 9.53 Å². The van der Waals surface area contributed by atoms with Crippen LogP contribution in [0, 0.1) is 20.8 Å². The van der Waals surface area contributed by atoms with Gasteiger partial charge < -0.3 is 19.5 Å². The predicted octanol–water partition coefficient (Wildman–Crippen LogP) is 5.38. The number of esters is 1. The van der Waals surface area contributed by atoms with Gasteiger partial charge in [0.05, 0.1) is 24.9 Å². The highest BCUT2D eigenvalue weighted by Crippen LogP contribution is 2.41. The molecular weight excluding hydrogens is 468 g/mol. The molecule has 1 saturated heterocycles. The Morgan fingerprint density at radius 2 is 2.00 bits per heavy atom. The van der Waals surface area contributed by atoms with Crippen molar-refractivity contribution in [1.82, 2.24) is 19.8 Å². The van der Waals surface area contributed by atoms with Crippen LogP contribution in [0.15, 0.2) is 48.7 Å². The van der Waals surface area contributed by atoms with E-state index in [0.717, 1.165) is 33.9 Å². The summed E-state index contributed by atoms with van der Waals surface area (Å²) in [7, 11) is 1.41. The van der Waals surface area contributed by atoms with Gasteiger partial charge in [-0.15, -0.1) is 0 Å². The molecule has 4 rings (SSSR count). The molecule has 0 unspecified atom stereocenters. The topological polar surface area (TPSA) is 59.4 Å². The zero-order valence-electron chi connectivity index (χ0n) is 19.8. The fourth-order valence-electron chi connectivity index (χ4n) is 4.76. The van der Waals surface area contributed by atoms with Crippen molar-refractivity contribution in [2.45, 2.75) is 45.7 Å². The van der Waals surface area contributed by atoms with Gasteiger partial charge in [0, 0.05) is 41.3 Å². The Kier molecular flexibility index (Phi) is 7.24. The van der Waals surface area contributed by atoms with Crippen LogP contribution in [0.4, 0.5) is 0 Å². The highest BCUT2D eigenvalue weighted by Gasteiger charge is 2.41. The quantitative estimate of drug-likeness (QED) is 0.350. The van der Waals surface area contributed by atoms with E-state index in [2.05, 4.69) is 46.6 Å². The molecule has 0 saturated carbocycles. The lowest BCUT2D eigenvalue weighted by Gasteiger charge is -2.28. The summed E-state index contributed by atoms with van der Waals surface area (Å²) >= 11 is 12.1. The number of rotatable bonds is 7. The Morgan fingerprint density at radius 1 is 1.21 bits per heavy atom. The number of ether oxygens (including phenoxy) is 1.